The first kappa shape index (κ1) is 18.0. The van der Waals surface area contributed by atoms with Gasteiger partial charge in [-0.05, 0) is 36.5 Å². The van der Waals surface area contributed by atoms with E-state index >= 15 is 0 Å². The molecule has 1 fully saturated rings. The average molecular weight is 361 g/mol. The van der Waals surface area contributed by atoms with E-state index in [4.69, 9.17) is 11.6 Å². The molecule has 1 aromatic carbocycles. The van der Waals surface area contributed by atoms with E-state index in [2.05, 4.69) is 34.4 Å². The van der Waals surface area contributed by atoms with Crippen molar-refractivity contribution in [3.05, 3.63) is 46.6 Å². The molecule has 1 aliphatic carbocycles. The lowest BCUT2D eigenvalue weighted by Gasteiger charge is -2.20. The summed E-state index contributed by atoms with van der Waals surface area (Å²) in [5.41, 5.74) is 2.16. The van der Waals surface area contributed by atoms with Crippen molar-refractivity contribution >= 4 is 23.4 Å². The number of hydrogen-bond acceptors (Lipinski definition) is 5. The molecular formula is C19H25ClN4O. The number of aliphatic hydroxyl groups is 1. The molecule has 3 N–H and O–H groups in total. The minimum atomic E-state index is -0.0600. The predicted octanol–water partition coefficient (Wildman–Crippen LogP) is 4.05. The topological polar surface area (TPSA) is 70.1 Å². The van der Waals surface area contributed by atoms with E-state index in [9.17, 15) is 5.11 Å². The molecule has 1 aliphatic rings. The molecule has 1 heterocycles. The Labute approximate surface area is 153 Å². The van der Waals surface area contributed by atoms with Gasteiger partial charge in [-0.1, -0.05) is 37.6 Å². The van der Waals surface area contributed by atoms with Gasteiger partial charge in [0.25, 0.3) is 0 Å². The van der Waals surface area contributed by atoms with Crippen LogP contribution in [0, 0.1) is 5.92 Å². The quantitative estimate of drug-likeness (QED) is 0.662. The van der Waals surface area contributed by atoms with Gasteiger partial charge in [0.15, 0.2) is 0 Å². The van der Waals surface area contributed by atoms with Crippen LogP contribution in [0.4, 0.5) is 11.8 Å². The summed E-state index contributed by atoms with van der Waals surface area (Å²) >= 11 is 6.04. The summed E-state index contributed by atoms with van der Waals surface area (Å²) in [6.45, 7) is 4.84. The zero-order valence-electron chi connectivity index (χ0n) is 14.7. The fraction of sp³-hybridized carbons (Fsp3) is 0.474. The van der Waals surface area contributed by atoms with Gasteiger partial charge in [0.1, 0.15) is 5.82 Å². The van der Waals surface area contributed by atoms with Crippen LogP contribution in [0.1, 0.15) is 43.9 Å². The Bertz CT molecular complexity index is 718. The van der Waals surface area contributed by atoms with E-state index in [-0.39, 0.29) is 12.6 Å². The van der Waals surface area contributed by atoms with E-state index in [1.54, 1.807) is 0 Å². The number of rotatable bonds is 8. The van der Waals surface area contributed by atoms with Crippen molar-refractivity contribution in [1.82, 2.24) is 9.97 Å². The van der Waals surface area contributed by atoms with Crippen molar-refractivity contribution < 1.29 is 5.11 Å². The first-order valence-electron chi connectivity index (χ1n) is 8.80. The molecule has 6 heteroatoms. The van der Waals surface area contributed by atoms with Gasteiger partial charge < -0.3 is 15.7 Å². The van der Waals surface area contributed by atoms with Gasteiger partial charge in [-0.2, -0.15) is 4.98 Å². The number of nitrogens with one attached hydrogen (secondary N) is 2. The normalized spacial score (nSPS) is 15.2. The van der Waals surface area contributed by atoms with Crippen LogP contribution in [0.3, 0.4) is 0 Å². The van der Waals surface area contributed by atoms with Crippen molar-refractivity contribution in [2.24, 2.45) is 5.92 Å². The van der Waals surface area contributed by atoms with E-state index < -0.39 is 0 Å². The predicted molar refractivity (Wildman–Crippen MR) is 102 cm³/mol. The lowest BCUT2D eigenvalue weighted by Crippen LogP contribution is -2.30. The summed E-state index contributed by atoms with van der Waals surface area (Å²) in [5, 5.41) is 16.9. The Hall–Kier alpha value is -1.85. The molecule has 1 atom stereocenters. The largest absolute Gasteiger partial charge is 0.394 e. The van der Waals surface area contributed by atoms with Crippen LogP contribution in [0.5, 0.6) is 0 Å². The van der Waals surface area contributed by atoms with Gasteiger partial charge in [-0.25, -0.2) is 4.98 Å². The molecule has 0 aliphatic heterocycles. The number of halogens is 1. The first-order valence-corrected chi connectivity index (χ1v) is 9.17. The maximum Gasteiger partial charge on any atom is 0.225 e. The van der Waals surface area contributed by atoms with Crippen LogP contribution in [0.15, 0.2) is 30.3 Å². The number of nitrogens with zero attached hydrogens (tertiary/aromatic N) is 2. The maximum atomic E-state index is 9.55. The molecule has 3 rings (SSSR count). The summed E-state index contributed by atoms with van der Waals surface area (Å²) < 4.78 is 0. The molecule has 134 valence electrons. The molecule has 2 aromatic rings. The maximum absolute atomic E-state index is 9.55. The standard InChI is InChI=1S/C19H25ClN4O/c1-12(2)17(11-25)23-19-22-16(14-6-7-14)9-18(24-19)21-10-13-4-3-5-15(20)8-13/h3-5,8-9,12,14,17,25H,6-7,10-11H2,1-2H3,(H2,21,22,23,24)/t17-/m0/s1. The zero-order valence-corrected chi connectivity index (χ0v) is 15.4. The molecule has 1 saturated carbocycles. The molecule has 25 heavy (non-hydrogen) atoms. The Morgan fingerprint density at radius 2 is 2.04 bits per heavy atom. The van der Waals surface area contributed by atoms with Crippen LogP contribution < -0.4 is 10.6 Å². The second kappa shape index (κ2) is 8.02. The number of benzene rings is 1. The van der Waals surface area contributed by atoms with E-state index in [0.717, 1.165) is 22.1 Å². The van der Waals surface area contributed by atoms with Crippen LogP contribution >= 0.6 is 11.6 Å². The molecule has 5 nitrogen and oxygen atoms in total. The minimum Gasteiger partial charge on any atom is -0.394 e. The molecule has 0 amide bonds. The summed E-state index contributed by atoms with van der Waals surface area (Å²) in [6, 6.07) is 9.74. The first-order chi connectivity index (χ1) is 12.0. The van der Waals surface area contributed by atoms with E-state index in [1.807, 2.05) is 30.3 Å². The van der Waals surface area contributed by atoms with Crippen molar-refractivity contribution in [2.75, 3.05) is 17.2 Å². The Morgan fingerprint density at radius 3 is 2.68 bits per heavy atom. The summed E-state index contributed by atoms with van der Waals surface area (Å²) in [6.07, 6.45) is 2.36. The number of anilines is 2. The molecule has 0 unspecified atom stereocenters. The fourth-order valence-electron chi connectivity index (χ4n) is 2.64. The van der Waals surface area contributed by atoms with Crippen molar-refractivity contribution in [3.8, 4) is 0 Å². The van der Waals surface area contributed by atoms with Gasteiger partial charge in [-0.3, -0.25) is 0 Å². The fourth-order valence-corrected chi connectivity index (χ4v) is 2.85. The molecule has 0 spiro atoms. The van der Waals surface area contributed by atoms with Crippen molar-refractivity contribution in [3.63, 3.8) is 0 Å². The molecule has 1 aromatic heterocycles. The number of hydrogen-bond donors (Lipinski definition) is 3. The third kappa shape index (κ3) is 5.06. The second-order valence-electron chi connectivity index (χ2n) is 6.94. The molecule has 0 bridgehead atoms. The van der Waals surface area contributed by atoms with Gasteiger partial charge in [0.2, 0.25) is 5.95 Å². The monoisotopic (exact) mass is 360 g/mol. The highest BCUT2D eigenvalue weighted by atomic mass is 35.5. The van der Waals surface area contributed by atoms with Gasteiger partial charge >= 0.3 is 0 Å². The SMILES string of the molecule is CC(C)[C@H](CO)Nc1nc(NCc2cccc(Cl)c2)cc(C2CC2)n1. The van der Waals surface area contributed by atoms with Crippen molar-refractivity contribution in [2.45, 2.75) is 45.2 Å². The second-order valence-corrected chi connectivity index (χ2v) is 7.37. The van der Waals surface area contributed by atoms with Crippen molar-refractivity contribution in [1.29, 1.82) is 0 Å². The van der Waals surface area contributed by atoms with Gasteiger partial charge in [0.05, 0.1) is 18.3 Å². The average Bonchev–Trinajstić information content (AvgIpc) is 3.42. The van der Waals surface area contributed by atoms with Crippen LogP contribution in [0.25, 0.3) is 0 Å². The van der Waals surface area contributed by atoms with Crippen LogP contribution in [-0.4, -0.2) is 27.7 Å². The van der Waals surface area contributed by atoms with E-state index in [0.29, 0.717) is 24.3 Å². The van der Waals surface area contributed by atoms with Gasteiger partial charge in [0, 0.05) is 23.6 Å². The van der Waals surface area contributed by atoms with Crippen LogP contribution in [0.2, 0.25) is 5.02 Å². The summed E-state index contributed by atoms with van der Waals surface area (Å²) in [5.74, 6) is 2.19. The highest BCUT2D eigenvalue weighted by Gasteiger charge is 2.26. The van der Waals surface area contributed by atoms with Gasteiger partial charge in [-0.15, -0.1) is 0 Å². The highest BCUT2D eigenvalue weighted by molar-refractivity contribution is 6.30. The third-order valence-electron chi connectivity index (χ3n) is 4.42. The number of aliphatic hydroxyl groups excluding tert-OH is 1. The zero-order chi connectivity index (χ0) is 17.8. The Kier molecular flexibility index (Phi) is 5.76. The summed E-state index contributed by atoms with van der Waals surface area (Å²) in [7, 11) is 0. The lowest BCUT2D eigenvalue weighted by molar-refractivity contribution is 0.248. The Morgan fingerprint density at radius 1 is 1.24 bits per heavy atom. The van der Waals surface area contributed by atoms with Crippen LogP contribution in [-0.2, 0) is 6.54 Å². The molecule has 0 radical (unpaired) electrons. The summed E-state index contributed by atoms with van der Waals surface area (Å²) in [4.78, 5) is 9.21. The van der Waals surface area contributed by atoms with E-state index in [1.165, 1.54) is 12.8 Å². The Balaban J connectivity index is 1.75. The highest BCUT2D eigenvalue weighted by Crippen LogP contribution is 2.40. The smallest absolute Gasteiger partial charge is 0.225 e. The molecular weight excluding hydrogens is 336 g/mol. The number of aromatic nitrogens is 2. The lowest BCUT2D eigenvalue weighted by atomic mass is 10.1. The molecule has 0 saturated heterocycles. The minimum absolute atomic E-state index is 0.0555. The third-order valence-corrected chi connectivity index (χ3v) is 4.66.